The molecule has 1 aromatic carbocycles. The van der Waals surface area contributed by atoms with E-state index in [4.69, 9.17) is 10.7 Å². The maximum absolute atomic E-state index is 12.2. The van der Waals surface area contributed by atoms with Crippen LogP contribution in [0.1, 0.15) is 43.6 Å². The van der Waals surface area contributed by atoms with Crippen molar-refractivity contribution in [3.63, 3.8) is 0 Å². The number of benzene rings is 1. The third kappa shape index (κ3) is 3.57. The number of carbonyl (C=O) groups is 1. The predicted octanol–water partition coefficient (Wildman–Crippen LogP) is 3.38. The highest BCUT2D eigenvalue weighted by Crippen LogP contribution is 2.23. The Morgan fingerprint density at radius 1 is 1.32 bits per heavy atom. The number of hydrogen-bond donors (Lipinski definition) is 0. The zero-order chi connectivity index (χ0) is 14.6. The minimum atomic E-state index is -1.51. The van der Waals surface area contributed by atoms with E-state index >= 15 is 0 Å². The Balaban J connectivity index is 0.000000861. The molecule has 2 rings (SSSR count). The molecule has 0 N–H and O–H groups in total. The summed E-state index contributed by atoms with van der Waals surface area (Å²) in [6.45, 7) is 8.72. The Bertz CT molecular complexity index is 488. The van der Waals surface area contributed by atoms with Gasteiger partial charge in [-0.15, -0.1) is 0 Å². The molecule has 106 valence electrons. The standard InChI is InChI=1S/C12H14ClNO2S.C2H6/c1-8(2)14-6-5-9-7-10(17(13)16)3-4-11(9)12(14)15;1-2/h3-4,7-8H,5-6H2,1-2H3;1-2H3. The van der Waals surface area contributed by atoms with Crippen LogP contribution < -0.4 is 0 Å². The fourth-order valence-electron chi connectivity index (χ4n) is 2.08. The van der Waals surface area contributed by atoms with Gasteiger partial charge in [-0.3, -0.25) is 4.79 Å². The summed E-state index contributed by atoms with van der Waals surface area (Å²) in [5.74, 6) is 0.0492. The molecule has 1 heterocycles. The third-order valence-electron chi connectivity index (χ3n) is 3.00. The second kappa shape index (κ2) is 7.06. The van der Waals surface area contributed by atoms with Gasteiger partial charge in [-0.25, -0.2) is 4.21 Å². The Labute approximate surface area is 121 Å². The SMILES string of the molecule is CC.CC(C)N1CCc2cc(S(=O)Cl)ccc2C1=O. The first kappa shape index (κ1) is 16.2. The Kier molecular flexibility index (Phi) is 6.01. The van der Waals surface area contributed by atoms with Crippen molar-refractivity contribution in [2.75, 3.05) is 6.54 Å². The van der Waals surface area contributed by atoms with Gasteiger partial charge in [0.1, 0.15) is 10.0 Å². The predicted molar refractivity (Wildman–Crippen MR) is 79.9 cm³/mol. The number of fused-ring (bicyclic) bond motifs is 1. The first-order valence-corrected chi connectivity index (χ1v) is 8.50. The summed E-state index contributed by atoms with van der Waals surface area (Å²) in [6, 6.07) is 5.36. The number of amides is 1. The fourth-order valence-corrected chi connectivity index (χ4v) is 2.77. The molecule has 0 aliphatic carbocycles. The molecule has 1 aliphatic heterocycles. The Morgan fingerprint density at radius 3 is 2.47 bits per heavy atom. The summed E-state index contributed by atoms with van der Waals surface area (Å²) in [5, 5.41) is 0. The van der Waals surface area contributed by atoms with Gasteiger partial charge in [0, 0.05) is 18.2 Å². The van der Waals surface area contributed by atoms with Crippen molar-refractivity contribution in [2.45, 2.75) is 45.1 Å². The minimum absolute atomic E-state index is 0.0492. The second-order valence-electron chi connectivity index (χ2n) is 4.38. The molecule has 0 saturated heterocycles. The van der Waals surface area contributed by atoms with Crippen molar-refractivity contribution in [3.05, 3.63) is 29.3 Å². The average molecular weight is 302 g/mol. The quantitative estimate of drug-likeness (QED) is 0.785. The van der Waals surface area contributed by atoms with Crippen LogP contribution in [-0.4, -0.2) is 27.6 Å². The molecule has 19 heavy (non-hydrogen) atoms. The zero-order valence-corrected chi connectivity index (χ0v) is 13.3. The van der Waals surface area contributed by atoms with E-state index in [1.54, 1.807) is 18.2 Å². The molecule has 1 atom stereocenters. The highest BCUT2D eigenvalue weighted by molar-refractivity contribution is 8.08. The number of halogens is 1. The summed E-state index contributed by atoms with van der Waals surface area (Å²) >= 11 is 0. The molecule has 1 aromatic rings. The Morgan fingerprint density at radius 2 is 1.95 bits per heavy atom. The van der Waals surface area contributed by atoms with Crippen LogP contribution in [0.4, 0.5) is 0 Å². The van der Waals surface area contributed by atoms with E-state index in [0.29, 0.717) is 17.0 Å². The maximum Gasteiger partial charge on any atom is 0.254 e. The molecular formula is C14H20ClNO2S. The van der Waals surface area contributed by atoms with Gasteiger partial charge in [-0.1, -0.05) is 13.8 Å². The summed E-state index contributed by atoms with van der Waals surface area (Å²) in [6.07, 6.45) is 0.793. The summed E-state index contributed by atoms with van der Waals surface area (Å²) in [7, 11) is 4.03. The molecule has 0 aromatic heterocycles. The summed E-state index contributed by atoms with van der Waals surface area (Å²) < 4.78 is 11.2. The molecule has 0 bridgehead atoms. The largest absolute Gasteiger partial charge is 0.336 e. The highest BCUT2D eigenvalue weighted by Gasteiger charge is 2.26. The van der Waals surface area contributed by atoms with Crippen molar-refractivity contribution in [2.24, 2.45) is 0 Å². The van der Waals surface area contributed by atoms with Gasteiger partial charge in [0.05, 0.1) is 4.90 Å². The van der Waals surface area contributed by atoms with Crippen LogP contribution in [-0.2, 0) is 16.4 Å². The highest BCUT2D eigenvalue weighted by atomic mass is 35.7. The normalized spacial score (nSPS) is 15.7. The lowest BCUT2D eigenvalue weighted by Crippen LogP contribution is -2.42. The van der Waals surface area contributed by atoms with E-state index in [0.717, 1.165) is 12.0 Å². The van der Waals surface area contributed by atoms with Gasteiger partial charge in [0.15, 0.2) is 0 Å². The molecule has 0 fully saturated rings. The average Bonchev–Trinajstić information content (AvgIpc) is 2.40. The van der Waals surface area contributed by atoms with Crippen molar-refractivity contribution >= 4 is 26.6 Å². The van der Waals surface area contributed by atoms with E-state index in [1.807, 2.05) is 32.6 Å². The van der Waals surface area contributed by atoms with Gasteiger partial charge in [0.25, 0.3) is 5.91 Å². The van der Waals surface area contributed by atoms with Gasteiger partial charge < -0.3 is 4.90 Å². The molecule has 5 heteroatoms. The van der Waals surface area contributed by atoms with Crippen LogP contribution >= 0.6 is 10.7 Å². The lowest BCUT2D eigenvalue weighted by atomic mass is 9.98. The van der Waals surface area contributed by atoms with Crippen molar-refractivity contribution in [3.8, 4) is 0 Å². The van der Waals surface area contributed by atoms with Crippen molar-refractivity contribution in [1.29, 1.82) is 0 Å². The first-order valence-electron chi connectivity index (χ1n) is 6.52. The minimum Gasteiger partial charge on any atom is -0.336 e. The van der Waals surface area contributed by atoms with Crippen LogP contribution in [0, 0.1) is 0 Å². The molecule has 1 unspecified atom stereocenters. The van der Waals surface area contributed by atoms with Crippen LogP contribution in [0.5, 0.6) is 0 Å². The van der Waals surface area contributed by atoms with E-state index in [1.165, 1.54) is 0 Å². The maximum atomic E-state index is 12.2. The lowest BCUT2D eigenvalue weighted by Gasteiger charge is -2.31. The van der Waals surface area contributed by atoms with E-state index in [2.05, 4.69) is 0 Å². The van der Waals surface area contributed by atoms with E-state index in [-0.39, 0.29) is 11.9 Å². The van der Waals surface area contributed by atoms with Crippen LogP contribution in [0.2, 0.25) is 0 Å². The van der Waals surface area contributed by atoms with Crippen LogP contribution in [0.3, 0.4) is 0 Å². The van der Waals surface area contributed by atoms with E-state index in [9.17, 15) is 9.00 Å². The lowest BCUT2D eigenvalue weighted by molar-refractivity contribution is 0.0688. The first-order chi connectivity index (χ1) is 9.00. The van der Waals surface area contributed by atoms with Crippen LogP contribution in [0.25, 0.3) is 0 Å². The zero-order valence-electron chi connectivity index (χ0n) is 11.8. The topological polar surface area (TPSA) is 37.4 Å². The van der Waals surface area contributed by atoms with Gasteiger partial charge in [-0.2, -0.15) is 0 Å². The third-order valence-corrected chi connectivity index (χ3v) is 4.16. The molecule has 0 saturated carbocycles. The fraction of sp³-hybridized carbons (Fsp3) is 0.500. The van der Waals surface area contributed by atoms with Crippen molar-refractivity contribution in [1.82, 2.24) is 4.90 Å². The molecule has 1 amide bonds. The van der Waals surface area contributed by atoms with Crippen LogP contribution in [0.15, 0.2) is 23.1 Å². The monoisotopic (exact) mass is 301 g/mol. The molecule has 0 spiro atoms. The number of carbonyl (C=O) groups excluding carboxylic acids is 1. The van der Waals surface area contributed by atoms with Gasteiger partial charge >= 0.3 is 0 Å². The number of hydrogen-bond acceptors (Lipinski definition) is 2. The summed E-state index contributed by atoms with van der Waals surface area (Å²) in [4.78, 5) is 14.6. The van der Waals surface area contributed by atoms with Crippen molar-refractivity contribution < 1.29 is 9.00 Å². The van der Waals surface area contributed by atoms with Gasteiger partial charge in [-0.05, 0) is 54.7 Å². The summed E-state index contributed by atoms with van der Waals surface area (Å²) in [5.41, 5.74) is 1.65. The second-order valence-corrected chi connectivity index (χ2v) is 6.14. The smallest absolute Gasteiger partial charge is 0.254 e. The van der Waals surface area contributed by atoms with Gasteiger partial charge in [0.2, 0.25) is 0 Å². The molecule has 0 radical (unpaired) electrons. The number of rotatable bonds is 2. The molecule has 3 nitrogen and oxygen atoms in total. The van der Waals surface area contributed by atoms with E-state index < -0.39 is 10.0 Å². The number of nitrogens with zero attached hydrogens (tertiary/aromatic N) is 1. The molecular weight excluding hydrogens is 282 g/mol. The molecule has 1 aliphatic rings. The Hall–Kier alpha value is -0.870.